The van der Waals surface area contributed by atoms with E-state index in [2.05, 4.69) is 20.5 Å². The number of ether oxygens (including phenoxy) is 1. The lowest BCUT2D eigenvalue weighted by molar-refractivity contribution is -0.133. The van der Waals surface area contributed by atoms with Crippen LogP contribution in [-0.4, -0.2) is 71.3 Å². The lowest BCUT2D eigenvalue weighted by atomic mass is 9.96. The third-order valence-electron chi connectivity index (χ3n) is 5.34. The first-order chi connectivity index (χ1) is 13.6. The maximum atomic E-state index is 12.3. The maximum absolute atomic E-state index is 12.3. The number of hydrogen-bond acceptors (Lipinski definition) is 7. The molecule has 2 fully saturated rings. The molecule has 0 saturated carbocycles. The van der Waals surface area contributed by atoms with Gasteiger partial charge in [-0.1, -0.05) is 6.42 Å². The van der Waals surface area contributed by atoms with Crippen molar-refractivity contribution in [2.24, 2.45) is 0 Å². The van der Waals surface area contributed by atoms with Crippen molar-refractivity contribution in [2.45, 2.75) is 63.2 Å². The lowest BCUT2D eigenvalue weighted by Crippen LogP contribution is -2.51. The van der Waals surface area contributed by atoms with Crippen molar-refractivity contribution >= 4 is 28.3 Å². The number of hydrogen-bond donors (Lipinski definition) is 3. The molecule has 3 rings (SSSR count). The van der Waals surface area contributed by atoms with Gasteiger partial charge in [0, 0.05) is 24.5 Å². The monoisotopic (exact) mass is 410 g/mol. The zero-order chi connectivity index (χ0) is 19.8. The maximum Gasteiger partial charge on any atom is 0.228 e. The normalized spacial score (nSPS) is 26.0. The highest BCUT2D eigenvalue weighted by atomic mass is 32.1. The molecule has 28 heavy (non-hydrogen) atoms. The average molecular weight is 411 g/mol. The Bertz CT molecular complexity index is 621. The van der Waals surface area contributed by atoms with E-state index in [1.807, 2.05) is 0 Å². The summed E-state index contributed by atoms with van der Waals surface area (Å²) in [6, 6.07) is -0.211. The van der Waals surface area contributed by atoms with Crippen LogP contribution in [0.25, 0.3) is 0 Å². The van der Waals surface area contributed by atoms with E-state index in [-0.39, 0.29) is 37.0 Å². The molecule has 1 aromatic rings. The third-order valence-corrected chi connectivity index (χ3v) is 6.03. The second-order valence-corrected chi connectivity index (χ2v) is 8.37. The minimum absolute atomic E-state index is 0.00223. The predicted octanol–water partition coefficient (Wildman–Crippen LogP) is 1.37. The van der Waals surface area contributed by atoms with E-state index in [1.165, 1.54) is 30.6 Å². The molecule has 0 radical (unpaired) electrons. The van der Waals surface area contributed by atoms with Crippen LogP contribution >= 0.6 is 11.3 Å². The van der Waals surface area contributed by atoms with Gasteiger partial charge in [0.1, 0.15) is 6.10 Å². The number of aliphatic hydroxyl groups is 1. The Balaban J connectivity index is 1.39. The lowest BCUT2D eigenvalue weighted by Gasteiger charge is -2.36. The minimum Gasteiger partial charge on any atom is -0.394 e. The number of amides is 2. The van der Waals surface area contributed by atoms with E-state index in [0.717, 1.165) is 19.6 Å². The van der Waals surface area contributed by atoms with Gasteiger partial charge < -0.3 is 25.4 Å². The minimum atomic E-state index is -0.481. The van der Waals surface area contributed by atoms with E-state index in [0.29, 0.717) is 24.4 Å². The van der Waals surface area contributed by atoms with Crippen LogP contribution in [0.4, 0.5) is 5.13 Å². The van der Waals surface area contributed by atoms with Crippen LogP contribution < -0.4 is 10.6 Å². The number of anilines is 1. The average Bonchev–Trinajstić information content (AvgIpc) is 3.21. The van der Waals surface area contributed by atoms with E-state index in [1.54, 1.807) is 11.6 Å². The first-order valence-corrected chi connectivity index (χ1v) is 11.0. The Kier molecular flexibility index (Phi) is 8.20. The Hall–Kier alpha value is -1.55. The summed E-state index contributed by atoms with van der Waals surface area (Å²) in [5, 5.41) is 17.8. The van der Waals surface area contributed by atoms with Gasteiger partial charge in [0.15, 0.2) is 5.13 Å². The Morgan fingerprint density at radius 1 is 1.25 bits per heavy atom. The van der Waals surface area contributed by atoms with Crippen molar-refractivity contribution < 1.29 is 19.4 Å². The molecule has 0 bridgehead atoms. The summed E-state index contributed by atoms with van der Waals surface area (Å²) in [4.78, 5) is 30.8. The first kappa shape index (κ1) is 21.2. The standard InChI is InChI=1S/C19H30N4O4S/c24-13-16-15(21-17(25)6-10-23-8-2-1-3-9-23)5-4-14(27-16)12-18(26)22-19-20-7-11-28-19/h7,11,14-16,24H,1-6,8-10,12-13H2,(H,21,25)(H,20,22,26)/t14-,15-,16+/m1/s1. The highest BCUT2D eigenvalue weighted by Crippen LogP contribution is 2.23. The van der Waals surface area contributed by atoms with E-state index >= 15 is 0 Å². The molecule has 9 heteroatoms. The van der Waals surface area contributed by atoms with Crippen LogP contribution in [0.1, 0.15) is 44.9 Å². The molecular weight excluding hydrogens is 380 g/mol. The van der Waals surface area contributed by atoms with Gasteiger partial charge in [-0.3, -0.25) is 9.59 Å². The van der Waals surface area contributed by atoms with Crippen molar-refractivity contribution in [1.82, 2.24) is 15.2 Å². The van der Waals surface area contributed by atoms with Crippen LogP contribution in [0.2, 0.25) is 0 Å². The van der Waals surface area contributed by atoms with Gasteiger partial charge in [0.2, 0.25) is 11.8 Å². The van der Waals surface area contributed by atoms with Gasteiger partial charge in [-0.2, -0.15) is 0 Å². The van der Waals surface area contributed by atoms with E-state index < -0.39 is 6.10 Å². The molecule has 0 aliphatic carbocycles. The van der Waals surface area contributed by atoms with Crippen LogP contribution in [0.5, 0.6) is 0 Å². The second kappa shape index (κ2) is 10.8. The van der Waals surface area contributed by atoms with Crippen molar-refractivity contribution in [1.29, 1.82) is 0 Å². The largest absolute Gasteiger partial charge is 0.394 e. The molecule has 2 amide bonds. The van der Waals surface area contributed by atoms with Crippen molar-refractivity contribution in [2.75, 3.05) is 31.6 Å². The molecule has 3 atom stereocenters. The SMILES string of the molecule is O=C(C[C@H]1CC[C@@H](NC(=O)CCN2CCCCC2)[C@H](CO)O1)Nc1nccs1. The van der Waals surface area contributed by atoms with Crippen LogP contribution in [-0.2, 0) is 14.3 Å². The molecule has 0 aromatic carbocycles. The second-order valence-electron chi connectivity index (χ2n) is 7.47. The predicted molar refractivity (Wildman–Crippen MR) is 107 cm³/mol. The number of nitrogens with one attached hydrogen (secondary N) is 2. The van der Waals surface area contributed by atoms with E-state index in [4.69, 9.17) is 4.74 Å². The number of likely N-dealkylation sites (tertiary alicyclic amines) is 1. The number of thiazole rings is 1. The Morgan fingerprint density at radius 3 is 2.79 bits per heavy atom. The summed E-state index contributed by atoms with van der Waals surface area (Å²) in [6.07, 6.45) is 6.63. The van der Waals surface area contributed by atoms with Crippen molar-refractivity contribution in [3.63, 3.8) is 0 Å². The first-order valence-electron chi connectivity index (χ1n) is 10.1. The number of piperidine rings is 1. The van der Waals surface area contributed by atoms with Gasteiger partial charge in [0.05, 0.1) is 25.2 Å². The quantitative estimate of drug-likeness (QED) is 0.598. The number of carbonyl (C=O) groups is 2. The molecule has 3 N–H and O–H groups in total. The molecule has 3 heterocycles. The molecule has 0 spiro atoms. The molecule has 2 aliphatic heterocycles. The summed E-state index contributed by atoms with van der Waals surface area (Å²) in [5.74, 6) is -0.154. The highest BCUT2D eigenvalue weighted by molar-refractivity contribution is 7.13. The van der Waals surface area contributed by atoms with Crippen LogP contribution in [0, 0.1) is 0 Å². The van der Waals surface area contributed by atoms with Gasteiger partial charge in [0.25, 0.3) is 0 Å². The fourth-order valence-electron chi connectivity index (χ4n) is 3.83. The summed E-state index contributed by atoms with van der Waals surface area (Å²) in [7, 11) is 0. The number of aromatic nitrogens is 1. The van der Waals surface area contributed by atoms with Gasteiger partial charge in [-0.05, 0) is 38.8 Å². The third kappa shape index (κ3) is 6.51. The van der Waals surface area contributed by atoms with Gasteiger partial charge in [-0.25, -0.2) is 4.98 Å². The molecule has 2 saturated heterocycles. The summed E-state index contributed by atoms with van der Waals surface area (Å²) < 4.78 is 5.88. The number of aliphatic hydroxyl groups excluding tert-OH is 1. The Labute approximate surface area is 169 Å². The number of rotatable bonds is 8. The van der Waals surface area contributed by atoms with Gasteiger partial charge >= 0.3 is 0 Å². The zero-order valence-corrected chi connectivity index (χ0v) is 17.0. The molecule has 0 unspecified atom stereocenters. The smallest absolute Gasteiger partial charge is 0.228 e. The highest BCUT2D eigenvalue weighted by Gasteiger charge is 2.33. The zero-order valence-electron chi connectivity index (χ0n) is 16.1. The molecule has 1 aromatic heterocycles. The molecule has 8 nitrogen and oxygen atoms in total. The van der Waals surface area contributed by atoms with Crippen LogP contribution in [0.15, 0.2) is 11.6 Å². The fourth-order valence-corrected chi connectivity index (χ4v) is 4.38. The molecule has 156 valence electrons. The Morgan fingerprint density at radius 2 is 2.07 bits per heavy atom. The fraction of sp³-hybridized carbons (Fsp3) is 0.737. The molecular formula is C19H30N4O4S. The molecule has 2 aliphatic rings. The topological polar surface area (TPSA) is 104 Å². The van der Waals surface area contributed by atoms with E-state index in [9.17, 15) is 14.7 Å². The summed E-state index contributed by atoms with van der Waals surface area (Å²) in [6.45, 7) is 2.75. The van der Waals surface area contributed by atoms with Crippen LogP contribution in [0.3, 0.4) is 0 Å². The van der Waals surface area contributed by atoms with Gasteiger partial charge in [-0.15, -0.1) is 11.3 Å². The summed E-state index contributed by atoms with van der Waals surface area (Å²) in [5.41, 5.74) is 0. The van der Waals surface area contributed by atoms with Crippen molar-refractivity contribution in [3.8, 4) is 0 Å². The van der Waals surface area contributed by atoms with Crippen molar-refractivity contribution in [3.05, 3.63) is 11.6 Å². The number of nitrogens with zero attached hydrogens (tertiary/aromatic N) is 2. The number of carbonyl (C=O) groups excluding carboxylic acids is 2. The summed E-state index contributed by atoms with van der Waals surface area (Å²) >= 11 is 1.37.